The Kier molecular flexibility index (Phi) is 3.91. The Morgan fingerprint density at radius 2 is 2.37 bits per heavy atom. The number of halogens is 2. The van der Waals surface area contributed by atoms with Crippen LogP contribution in [-0.4, -0.2) is 27.8 Å². The van der Waals surface area contributed by atoms with Gasteiger partial charge in [0.05, 0.1) is 16.8 Å². The van der Waals surface area contributed by atoms with Crippen LogP contribution in [0, 0.1) is 3.57 Å². The molecule has 0 saturated carbocycles. The lowest BCUT2D eigenvalue weighted by Gasteiger charge is -2.09. The molecule has 0 saturated heterocycles. The summed E-state index contributed by atoms with van der Waals surface area (Å²) >= 11 is 5.96. The third-order valence-electron chi connectivity index (χ3n) is 3.22. The second-order valence-electron chi connectivity index (χ2n) is 4.38. The molecule has 0 atom stereocenters. The highest BCUT2D eigenvalue weighted by molar-refractivity contribution is 14.1. The SMILES string of the molecule is CCc1c(Br)cn2nc(C3=CCOCC3)nc2c1I. The van der Waals surface area contributed by atoms with Gasteiger partial charge in [-0.25, -0.2) is 9.50 Å². The molecule has 100 valence electrons. The molecular weight excluding hydrogens is 421 g/mol. The second-order valence-corrected chi connectivity index (χ2v) is 6.31. The van der Waals surface area contributed by atoms with Gasteiger partial charge in [0, 0.05) is 10.7 Å². The Balaban J connectivity index is 2.15. The molecule has 19 heavy (non-hydrogen) atoms. The fourth-order valence-corrected chi connectivity index (χ4v) is 4.26. The van der Waals surface area contributed by atoms with Gasteiger partial charge < -0.3 is 4.74 Å². The van der Waals surface area contributed by atoms with Gasteiger partial charge in [0.15, 0.2) is 11.5 Å². The van der Waals surface area contributed by atoms with Gasteiger partial charge in [-0.1, -0.05) is 13.0 Å². The van der Waals surface area contributed by atoms with Crippen LogP contribution in [-0.2, 0) is 11.2 Å². The molecule has 1 aliphatic rings. The molecule has 0 aliphatic carbocycles. The van der Waals surface area contributed by atoms with Gasteiger partial charge in [-0.2, -0.15) is 0 Å². The van der Waals surface area contributed by atoms with Crippen molar-refractivity contribution in [1.82, 2.24) is 14.6 Å². The van der Waals surface area contributed by atoms with Crippen LogP contribution < -0.4 is 0 Å². The van der Waals surface area contributed by atoms with Crippen LogP contribution in [0.2, 0.25) is 0 Å². The van der Waals surface area contributed by atoms with E-state index in [-0.39, 0.29) is 0 Å². The number of aromatic nitrogens is 3. The van der Waals surface area contributed by atoms with E-state index < -0.39 is 0 Å². The summed E-state index contributed by atoms with van der Waals surface area (Å²) in [6, 6.07) is 0. The molecule has 0 N–H and O–H groups in total. The zero-order valence-electron chi connectivity index (χ0n) is 10.5. The van der Waals surface area contributed by atoms with Gasteiger partial charge in [0.2, 0.25) is 0 Å². The number of rotatable bonds is 2. The van der Waals surface area contributed by atoms with Crippen molar-refractivity contribution in [3.8, 4) is 0 Å². The summed E-state index contributed by atoms with van der Waals surface area (Å²) in [5.74, 6) is 0.821. The summed E-state index contributed by atoms with van der Waals surface area (Å²) < 4.78 is 9.44. The van der Waals surface area contributed by atoms with Crippen molar-refractivity contribution in [2.24, 2.45) is 0 Å². The molecule has 0 unspecified atom stereocenters. The molecule has 0 aromatic carbocycles. The Morgan fingerprint density at radius 3 is 3.05 bits per heavy atom. The standard InChI is InChI=1S/C13H13BrIN3O/c1-2-9-10(14)7-18-13(11(9)15)16-12(17-18)8-3-5-19-6-4-8/h3,7H,2,4-6H2,1H3. The average molecular weight is 434 g/mol. The highest BCUT2D eigenvalue weighted by Gasteiger charge is 2.16. The number of fused-ring (bicyclic) bond motifs is 1. The summed E-state index contributed by atoms with van der Waals surface area (Å²) in [6.07, 6.45) is 5.93. The van der Waals surface area contributed by atoms with Gasteiger partial charge in [-0.05, 0) is 62.5 Å². The maximum Gasteiger partial charge on any atom is 0.178 e. The third-order valence-corrected chi connectivity index (χ3v) is 5.04. The van der Waals surface area contributed by atoms with E-state index in [4.69, 9.17) is 4.74 Å². The average Bonchev–Trinajstić information content (AvgIpc) is 2.84. The minimum absolute atomic E-state index is 0.659. The minimum Gasteiger partial charge on any atom is -0.377 e. The van der Waals surface area contributed by atoms with Crippen LogP contribution in [0.25, 0.3) is 11.2 Å². The van der Waals surface area contributed by atoms with E-state index in [1.54, 1.807) is 0 Å². The minimum atomic E-state index is 0.659. The second kappa shape index (κ2) is 5.49. The Bertz CT molecular complexity index is 665. The predicted molar refractivity (Wildman–Crippen MR) is 86.2 cm³/mol. The number of hydrogen-bond acceptors (Lipinski definition) is 3. The summed E-state index contributed by atoms with van der Waals surface area (Å²) in [5, 5.41) is 4.58. The molecule has 0 fully saturated rings. The van der Waals surface area contributed by atoms with Crippen molar-refractivity contribution in [3.63, 3.8) is 0 Å². The molecule has 2 aromatic rings. The summed E-state index contributed by atoms with van der Waals surface area (Å²) in [6.45, 7) is 3.56. The molecule has 3 heterocycles. The maximum absolute atomic E-state index is 5.33. The summed E-state index contributed by atoms with van der Waals surface area (Å²) in [5.41, 5.74) is 3.40. The zero-order chi connectivity index (χ0) is 13.4. The number of ether oxygens (including phenoxy) is 1. The van der Waals surface area contributed by atoms with E-state index in [9.17, 15) is 0 Å². The lowest BCUT2D eigenvalue weighted by atomic mass is 10.1. The largest absolute Gasteiger partial charge is 0.377 e. The van der Waals surface area contributed by atoms with Crippen LogP contribution >= 0.6 is 38.5 Å². The van der Waals surface area contributed by atoms with E-state index in [2.05, 4.69) is 61.6 Å². The molecule has 3 rings (SSSR count). The van der Waals surface area contributed by atoms with Crippen molar-refractivity contribution in [2.75, 3.05) is 13.2 Å². The lowest BCUT2D eigenvalue weighted by molar-refractivity contribution is 0.161. The normalized spacial score (nSPS) is 15.8. The van der Waals surface area contributed by atoms with Crippen LogP contribution in [0.3, 0.4) is 0 Å². The van der Waals surface area contributed by atoms with Crippen LogP contribution in [0.15, 0.2) is 16.7 Å². The first-order valence-electron chi connectivity index (χ1n) is 6.21. The quantitative estimate of drug-likeness (QED) is 0.681. The van der Waals surface area contributed by atoms with Crippen molar-refractivity contribution in [1.29, 1.82) is 0 Å². The molecule has 0 amide bonds. The maximum atomic E-state index is 5.33. The van der Waals surface area contributed by atoms with E-state index >= 15 is 0 Å². The topological polar surface area (TPSA) is 39.4 Å². The Morgan fingerprint density at radius 1 is 1.53 bits per heavy atom. The number of hydrogen-bond donors (Lipinski definition) is 0. The fraction of sp³-hybridized carbons (Fsp3) is 0.385. The molecule has 4 nitrogen and oxygen atoms in total. The molecular formula is C13H13BrIN3O. The van der Waals surface area contributed by atoms with Gasteiger partial charge in [0.1, 0.15) is 0 Å². The first kappa shape index (κ1) is 13.5. The molecule has 0 radical (unpaired) electrons. The summed E-state index contributed by atoms with van der Waals surface area (Å²) in [4.78, 5) is 4.69. The number of pyridine rings is 1. The van der Waals surface area contributed by atoms with Gasteiger partial charge in [0.25, 0.3) is 0 Å². The fourth-order valence-electron chi connectivity index (χ4n) is 2.18. The summed E-state index contributed by atoms with van der Waals surface area (Å²) in [7, 11) is 0. The van der Waals surface area contributed by atoms with E-state index in [1.165, 1.54) is 14.7 Å². The van der Waals surface area contributed by atoms with Gasteiger partial charge >= 0.3 is 0 Å². The smallest absolute Gasteiger partial charge is 0.178 e. The molecule has 0 spiro atoms. The van der Waals surface area contributed by atoms with E-state index in [1.807, 2.05) is 10.7 Å². The monoisotopic (exact) mass is 433 g/mol. The van der Waals surface area contributed by atoms with E-state index in [0.29, 0.717) is 6.61 Å². The molecule has 2 aromatic heterocycles. The highest BCUT2D eigenvalue weighted by atomic mass is 127. The van der Waals surface area contributed by atoms with Crippen LogP contribution in [0.1, 0.15) is 24.7 Å². The lowest BCUT2D eigenvalue weighted by Crippen LogP contribution is -2.04. The van der Waals surface area contributed by atoms with Crippen molar-refractivity contribution < 1.29 is 4.74 Å². The highest BCUT2D eigenvalue weighted by Crippen LogP contribution is 2.27. The van der Waals surface area contributed by atoms with Crippen molar-refractivity contribution in [2.45, 2.75) is 19.8 Å². The van der Waals surface area contributed by atoms with Crippen molar-refractivity contribution in [3.05, 3.63) is 31.7 Å². The predicted octanol–water partition coefficient (Wildman–Crippen LogP) is 3.46. The molecule has 1 aliphatic heterocycles. The van der Waals surface area contributed by atoms with Crippen LogP contribution in [0.5, 0.6) is 0 Å². The van der Waals surface area contributed by atoms with Crippen molar-refractivity contribution >= 4 is 49.7 Å². The molecule has 6 heteroatoms. The van der Waals surface area contributed by atoms with E-state index in [0.717, 1.165) is 35.4 Å². The Labute approximate surface area is 133 Å². The van der Waals surface area contributed by atoms with Crippen LogP contribution in [0.4, 0.5) is 0 Å². The number of nitrogens with zero attached hydrogens (tertiary/aromatic N) is 3. The third kappa shape index (κ3) is 2.45. The van der Waals surface area contributed by atoms with Gasteiger partial charge in [-0.15, -0.1) is 5.10 Å². The zero-order valence-corrected chi connectivity index (χ0v) is 14.2. The van der Waals surface area contributed by atoms with Gasteiger partial charge in [-0.3, -0.25) is 0 Å². The molecule has 0 bridgehead atoms. The first-order valence-corrected chi connectivity index (χ1v) is 8.08. The Hall–Kier alpha value is -0.470. The first-order chi connectivity index (χ1) is 9.20.